The van der Waals surface area contributed by atoms with Crippen LogP contribution in [0.4, 0.5) is 21.8 Å². The Morgan fingerprint density at radius 2 is 2.16 bits per heavy atom. The van der Waals surface area contributed by atoms with Crippen molar-refractivity contribution in [1.29, 1.82) is 0 Å². The lowest BCUT2D eigenvalue weighted by molar-refractivity contribution is -0.118. The van der Waals surface area contributed by atoms with Crippen molar-refractivity contribution in [1.82, 2.24) is 15.3 Å². The summed E-state index contributed by atoms with van der Waals surface area (Å²) in [6.45, 7) is 2.84. The van der Waals surface area contributed by atoms with Crippen LogP contribution in [0.15, 0.2) is 30.5 Å². The molecule has 1 amide bonds. The van der Waals surface area contributed by atoms with E-state index in [1.54, 1.807) is 12.1 Å². The summed E-state index contributed by atoms with van der Waals surface area (Å²) >= 11 is 0. The first-order valence-electron chi connectivity index (χ1n) is 8.49. The normalized spacial score (nSPS) is 13.4. The Labute approximate surface area is 146 Å². The summed E-state index contributed by atoms with van der Waals surface area (Å²) in [6.07, 6.45) is 4.95. The van der Waals surface area contributed by atoms with E-state index in [0.717, 1.165) is 30.6 Å². The van der Waals surface area contributed by atoms with Crippen molar-refractivity contribution in [2.24, 2.45) is 0 Å². The van der Waals surface area contributed by atoms with Gasteiger partial charge in [-0.3, -0.25) is 4.79 Å². The third kappa shape index (κ3) is 5.14. The number of carbonyl (C=O) groups is 1. The van der Waals surface area contributed by atoms with Gasteiger partial charge in [0.2, 0.25) is 11.9 Å². The molecule has 0 saturated heterocycles. The molecule has 132 valence electrons. The molecule has 25 heavy (non-hydrogen) atoms. The van der Waals surface area contributed by atoms with Crippen LogP contribution in [0.25, 0.3) is 0 Å². The Hall–Kier alpha value is -2.70. The van der Waals surface area contributed by atoms with E-state index in [0.29, 0.717) is 30.6 Å². The fourth-order valence-corrected chi connectivity index (χ4v) is 2.54. The lowest BCUT2D eigenvalue weighted by atomic mass is 10.2. The summed E-state index contributed by atoms with van der Waals surface area (Å²) in [5, 5.41) is 9.13. The molecule has 1 aliphatic carbocycles. The van der Waals surface area contributed by atoms with E-state index in [-0.39, 0.29) is 11.7 Å². The van der Waals surface area contributed by atoms with Crippen molar-refractivity contribution in [3.63, 3.8) is 0 Å². The second kappa shape index (κ2) is 7.92. The predicted molar refractivity (Wildman–Crippen MR) is 95.5 cm³/mol. The summed E-state index contributed by atoms with van der Waals surface area (Å²) in [5.74, 6) is 1.41. The third-order valence-electron chi connectivity index (χ3n) is 3.93. The van der Waals surface area contributed by atoms with Crippen LogP contribution < -0.4 is 16.0 Å². The lowest BCUT2D eigenvalue weighted by Crippen LogP contribution is -2.23. The molecule has 1 saturated carbocycles. The maximum Gasteiger partial charge on any atom is 0.229 e. The van der Waals surface area contributed by atoms with Crippen LogP contribution in [0.2, 0.25) is 0 Å². The Morgan fingerprint density at radius 3 is 2.88 bits per heavy atom. The van der Waals surface area contributed by atoms with Gasteiger partial charge in [0.15, 0.2) is 0 Å². The number of nitrogens with zero attached hydrogens (tertiary/aromatic N) is 2. The van der Waals surface area contributed by atoms with Gasteiger partial charge in [0.1, 0.15) is 11.6 Å². The van der Waals surface area contributed by atoms with E-state index in [1.807, 2.05) is 6.20 Å². The van der Waals surface area contributed by atoms with Crippen LogP contribution in [0.5, 0.6) is 0 Å². The molecule has 6 nitrogen and oxygen atoms in total. The topological polar surface area (TPSA) is 78.9 Å². The van der Waals surface area contributed by atoms with Crippen LogP contribution in [0, 0.1) is 5.82 Å². The molecule has 7 heteroatoms. The average molecular weight is 343 g/mol. The van der Waals surface area contributed by atoms with Crippen molar-refractivity contribution < 1.29 is 9.18 Å². The fourth-order valence-electron chi connectivity index (χ4n) is 2.54. The standard InChI is InChI=1S/C18H22FN5O/c1-12(25)20-8-3-9-21-17-16(13-6-7-13)11-22-18(24-17)23-15-5-2-4-14(19)10-15/h2,4-5,10-11,13H,3,6-9H2,1H3,(H,20,25)(H2,21,22,23,24). The summed E-state index contributed by atoms with van der Waals surface area (Å²) < 4.78 is 13.3. The summed E-state index contributed by atoms with van der Waals surface area (Å²) in [6, 6.07) is 6.20. The van der Waals surface area contributed by atoms with E-state index in [4.69, 9.17) is 0 Å². The minimum absolute atomic E-state index is 0.0257. The Bertz CT molecular complexity index is 748. The van der Waals surface area contributed by atoms with Gasteiger partial charge in [0.05, 0.1) is 0 Å². The van der Waals surface area contributed by atoms with Gasteiger partial charge in [-0.15, -0.1) is 0 Å². The van der Waals surface area contributed by atoms with Crippen molar-refractivity contribution in [2.45, 2.75) is 32.1 Å². The zero-order chi connectivity index (χ0) is 17.6. The van der Waals surface area contributed by atoms with Crippen molar-refractivity contribution in [3.8, 4) is 0 Å². The number of halogens is 1. The van der Waals surface area contributed by atoms with Gasteiger partial charge >= 0.3 is 0 Å². The number of amides is 1. The highest BCUT2D eigenvalue weighted by atomic mass is 19.1. The molecule has 3 rings (SSSR count). The van der Waals surface area contributed by atoms with E-state index in [2.05, 4.69) is 25.9 Å². The molecule has 1 aromatic heterocycles. The molecule has 2 aromatic rings. The van der Waals surface area contributed by atoms with Crippen LogP contribution in [-0.4, -0.2) is 29.0 Å². The van der Waals surface area contributed by atoms with Gasteiger partial charge in [-0.2, -0.15) is 4.98 Å². The first-order valence-corrected chi connectivity index (χ1v) is 8.49. The summed E-state index contributed by atoms with van der Waals surface area (Å²) in [5.41, 5.74) is 1.72. The molecule has 0 aliphatic heterocycles. The zero-order valence-electron chi connectivity index (χ0n) is 14.2. The quantitative estimate of drug-likeness (QED) is 0.642. The van der Waals surface area contributed by atoms with Crippen LogP contribution in [-0.2, 0) is 4.79 Å². The highest BCUT2D eigenvalue weighted by Crippen LogP contribution is 2.42. The SMILES string of the molecule is CC(=O)NCCCNc1nc(Nc2cccc(F)c2)ncc1C1CC1. The predicted octanol–water partition coefficient (Wildman–Crippen LogP) is 3.17. The summed E-state index contributed by atoms with van der Waals surface area (Å²) in [4.78, 5) is 19.8. The monoisotopic (exact) mass is 343 g/mol. The van der Waals surface area contributed by atoms with Crippen LogP contribution in [0.3, 0.4) is 0 Å². The largest absolute Gasteiger partial charge is 0.370 e. The number of nitrogens with one attached hydrogen (secondary N) is 3. The molecule has 0 atom stereocenters. The van der Waals surface area contributed by atoms with E-state index in [1.165, 1.54) is 19.1 Å². The number of carbonyl (C=O) groups excluding carboxylic acids is 1. The van der Waals surface area contributed by atoms with Crippen LogP contribution >= 0.6 is 0 Å². The molecule has 1 fully saturated rings. The smallest absolute Gasteiger partial charge is 0.229 e. The van der Waals surface area contributed by atoms with Crippen molar-refractivity contribution >= 4 is 23.4 Å². The lowest BCUT2D eigenvalue weighted by Gasteiger charge is -2.13. The minimum atomic E-state index is -0.309. The molecule has 1 aliphatic rings. The van der Waals surface area contributed by atoms with Crippen molar-refractivity contribution in [3.05, 3.63) is 41.8 Å². The molecule has 1 heterocycles. The Balaban J connectivity index is 1.65. The third-order valence-corrected chi connectivity index (χ3v) is 3.93. The Kier molecular flexibility index (Phi) is 5.42. The molecule has 0 bridgehead atoms. The fraction of sp³-hybridized carbons (Fsp3) is 0.389. The van der Waals surface area contributed by atoms with Gasteiger partial charge in [0, 0.05) is 37.5 Å². The number of aromatic nitrogens is 2. The molecular weight excluding hydrogens is 321 g/mol. The van der Waals surface area contributed by atoms with Gasteiger partial charge in [-0.05, 0) is 43.4 Å². The highest BCUT2D eigenvalue weighted by molar-refractivity contribution is 5.72. The number of benzene rings is 1. The molecule has 1 aromatic carbocycles. The van der Waals surface area contributed by atoms with E-state index >= 15 is 0 Å². The van der Waals surface area contributed by atoms with Gasteiger partial charge in [0.25, 0.3) is 0 Å². The second-order valence-electron chi connectivity index (χ2n) is 6.17. The number of rotatable bonds is 8. The second-order valence-corrected chi connectivity index (χ2v) is 6.17. The van der Waals surface area contributed by atoms with Gasteiger partial charge < -0.3 is 16.0 Å². The van der Waals surface area contributed by atoms with Gasteiger partial charge in [-0.25, -0.2) is 9.37 Å². The highest BCUT2D eigenvalue weighted by Gasteiger charge is 2.27. The zero-order valence-corrected chi connectivity index (χ0v) is 14.2. The first kappa shape index (κ1) is 17.1. The molecule has 0 spiro atoms. The van der Waals surface area contributed by atoms with Gasteiger partial charge in [-0.1, -0.05) is 6.07 Å². The van der Waals surface area contributed by atoms with Crippen molar-refractivity contribution in [2.75, 3.05) is 23.7 Å². The van der Waals surface area contributed by atoms with E-state index < -0.39 is 0 Å². The number of hydrogen-bond donors (Lipinski definition) is 3. The Morgan fingerprint density at radius 1 is 1.32 bits per heavy atom. The molecule has 3 N–H and O–H groups in total. The van der Waals surface area contributed by atoms with E-state index in [9.17, 15) is 9.18 Å². The molecular formula is C18H22FN5O. The average Bonchev–Trinajstić information content (AvgIpc) is 3.39. The summed E-state index contributed by atoms with van der Waals surface area (Å²) in [7, 11) is 0. The minimum Gasteiger partial charge on any atom is -0.370 e. The maximum atomic E-state index is 13.3. The molecule has 0 unspecified atom stereocenters. The number of hydrogen-bond acceptors (Lipinski definition) is 5. The molecule has 0 radical (unpaired) electrons. The van der Waals surface area contributed by atoms with Crippen LogP contribution in [0.1, 0.15) is 37.7 Å². The maximum absolute atomic E-state index is 13.3. The first-order chi connectivity index (χ1) is 12.1. The number of anilines is 3.